The Morgan fingerprint density at radius 2 is 2.00 bits per heavy atom. The predicted octanol–water partition coefficient (Wildman–Crippen LogP) is 2.87. The van der Waals surface area contributed by atoms with Crippen molar-refractivity contribution < 1.29 is 8.42 Å². The third-order valence-corrected chi connectivity index (χ3v) is 7.23. The van der Waals surface area contributed by atoms with Gasteiger partial charge in [0.2, 0.25) is 5.96 Å². The van der Waals surface area contributed by atoms with Crippen LogP contribution in [-0.4, -0.2) is 39.2 Å². The molecular formula is C18H27ClN4O2S. The number of sulfonamides is 1. The molecule has 0 radical (unpaired) electrons. The van der Waals surface area contributed by atoms with Crippen molar-refractivity contribution >= 4 is 27.6 Å². The fraction of sp³-hybridized carbons (Fsp3) is 0.611. The maximum Gasteiger partial charge on any atom is 0.264 e. The SMILES string of the molecule is C[C@H]1[C@@H](CN2CN=C(NS(=O)(=O)c3ccc(Cl)cc3)NC2)CCC[C@H]1C. The van der Waals surface area contributed by atoms with Crippen LogP contribution in [0.3, 0.4) is 0 Å². The van der Waals surface area contributed by atoms with Gasteiger partial charge in [-0.2, -0.15) is 0 Å². The van der Waals surface area contributed by atoms with Crippen LogP contribution in [0.5, 0.6) is 0 Å². The molecule has 2 aliphatic rings. The van der Waals surface area contributed by atoms with E-state index in [0.29, 0.717) is 30.2 Å². The summed E-state index contributed by atoms with van der Waals surface area (Å²) < 4.78 is 27.3. The van der Waals surface area contributed by atoms with E-state index in [-0.39, 0.29) is 4.90 Å². The summed E-state index contributed by atoms with van der Waals surface area (Å²) in [7, 11) is -3.66. The van der Waals surface area contributed by atoms with Gasteiger partial charge in [-0.15, -0.1) is 0 Å². The third-order valence-electron chi connectivity index (χ3n) is 5.62. The van der Waals surface area contributed by atoms with E-state index >= 15 is 0 Å². The largest absolute Gasteiger partial charge is 0.343 e. The molecule has 3 atom stereocenters. The molecule has 0 bridgehead atoms. The minimum absolute atomic E-state index is 0.166. The topological polar surface area (TPSA) is 73.8 Å². The monoisotopic (exact) mass is 398 g/mol. The van der Waals surface area contributed by atoms with E-state index in [1.165, 1.54) is 31.4 Å². The molecule has 6 nitrogen and oxygen atoms in total. The number of guanidine groups is 1. The highest BCUT2D eigenvalue weighted by Crippen LogP contribution is 2.34. The van der Waals surface area contributed by atoms with Crippen molar-refractivity contribution in [2.24, 2.45) is 22.7 Å². The minimum Gasteiger partial charge on any atom is -0.343 e. The maximum absolute atomic E-state index is 12.4. The Hall–Kier alpha value is -1.31. The summed E-state index contributed by atoms with van der Waals surface area (Å²) in [6.07, 6.45) is 3.89. The summed E-state index contributed by atoms with van der Waals surface area (Å²) in [5.74, 6) is 2.47. The number of aliphatic imine (C=N–C) groups is 1. The van der Waals surface area contributed by atoms with E-state index in [2.05, 4.69) is 33.8 Å². The van der Waals surface area contributed by atoms with Crippen LogP contribution in [0.4, 0.5) is 0 Å². The van der Waals surface area contributed by atoms with Gasteiger partial charge in [-0.05, 0) is 48.4 Å². The third kappa shape index (κ3) is 4.69. The van der Waals surface area contributed by atoms with Crippen LogP contribution in [0.25, 0.3) is 0 Å². The summed E-state index contributed by atoms with van der Waals surface area (Å²) in [5.41, 5.74) is 0. The van der Waals surface area contributed by atoms with E-state index in [9.17, 15) is 8.42 Å². The van der Waals surface area contributed by atoms with Crippen LogP contribution in [-0.2, 0) is 10.0 Å². The first-order chi connectivity index (χ1) is 12.3. The van der Waals surface area contributed by atoms with Crippen molar-refractivity contribution in [3.8, 4) is 0 Å². The molecule has 8 heteroatoms. The van der Waals surface area contributed by atoms with Gasteiger partial charge in [0.1, 0.15) is 0 Å². The van der Waals surface area contributed by atoms with Crippen LogP contribution in [0.2, 0.25) is 5.02 Å². The van der Waals surface area contributed by atoms with Crippen molar-refractivity contribution in [2.45, 2.75) is 38.0 Å². The molecule has 144 valence electrons. The number of hydrogen-bond donors (Lipinski definition) is 2. The molecular weight excluding hydrogens is 372 g/mol. The summed E-state index contributed by atoms with van der Waals surface area (Å²) in [6.45, 7) is 6.79. The van der Waals surface area contributed by atoms with Crippen molar-refractivity contribution in [3.63, 3.8) is 0 Å². The fourth-order valence-corrected chi connectivity index (χ4v) is 4.86. The highest BCUT2D eigenvalue weighted by molar-refractivity contribution is 7.90. The first-order valence-electron chi connectivity index (χ1n) is 9.14. The van der Waals surface area contributed by atoms with Crippen molar-refractivity contribution in [1.29, 1.82) is 0 Å². The second-order valence-electron chi connectivity index (χ2n) is 7.42. The molecule has 1 fully saturated rings. The Balaban J connectivity index is 1.56. The van der Waals surface area contributed by atoms with Gasteiger partial charge in [-0.25, -0.2) is 18.1 Å². The lowest BCUT2D eigenvalue weighted by atomic mass is 9.74. The molecule has 1 aromatic rings. The molecule has 0 spiro atoms. The van der Waals surface area contributed by atoms with Crippen LogP contribution in [0.15, 0.2) is 34.2 Å². The minimum atomic E-state index is -3.66. The van der Waals surface area contributed by atoms with Crippen LogP contribution in [0.1, 0.15) is 33.1 Å². The van der Waals surface area contributed by atoms with Crippen LogP contribution < -0.4 is 10.0 Å². The Kier molecular flexibility index (Phi) is 6.10. The van der Waals surface area contributed by atoms with E-state index in [1.54, 1.807) is 12.1 Å². The van der Waals surface area contributed by atoms with Gasteiger partial charge >= 0.3 is 0 Å². The van der Waals surface area contributed by atoms with Crippen LogP contribution >= 0.6 is 11.6 Å². The Morgan fingerprint density at radius 1 is 1.27 bits per heavy atom. The first kappa shape index (κ1) is 19.5. The molecule has 3 rings (SSSR count). The Morgan fingerprint density at radius 3 is 2.65 bits per heavy atom. The smallest absolute Gasteiger partial charge is 0.264 e. The van der Waals surface area contributed by atoms with E-state index in [0.717, 1.165) is 18.4 Å². The van der Waals surface area contributed by atoms with Crippen molar-refractivity contribution in [1.82, 2.24) is 14.9 Å². The molecule has 26 heavy (non-hydrogen) atoms. The van der Waals surface area contributed by atoms with Gasteiger partial charge in [0.15, 0.2) is 0 Å². The lowest BCUT2D eigenvalue weighted by Crippen LogP contribution is -2.51. The lowest BCUT2D eigenvalue weighted by molar-refractivity contribution is 0.121. The summed E-state index contributed by atoms with van der Waals surface area (Å²) in [5, 5.41) is 3.58. The van der Waals surface area contributed by atoms with Crippen LogP contribution in [0, 0.1) is 17.8 Å². The second kappa shape index (κ2) is 8.15. The van der Waals surface area contributed by atoms with E-state index in [4.69, 9.17) is 11.6 Å². The standard InChI is InChI=1S/C18H27ClN4O2S/c1-13-4-3-5-15(14(13)2)10-23-11-20-18(21-12-23)22-26(24,25)17-8-6-16(19)7-9-17/h6-9,13-15H,3-5,10-12H2,1-2H3,(H2,20,21,22)/t13-,14-,15-/m1/s1. The molecule has 0 amide bonds. The molecule has 0 unspecified atom stereocenters. The van der Waals surface area contributed by atoms with Crippen molar-refractivity contribution in [2.75, 3.05) is 19.9 Å². The maximum atomic E-state index is 12.4. The molecule has 1 aliphatic carbocycles. The van der Waals surface area contributed by atoms with E-state index in [1.807, 2.05) is 0 Å². The Labute approximate surface area is 161 Å². The quantitative estimate of drug-likeness (QED) is 0.817. The zero-order valence-corrected chi connectivity index (χ0v) is 16.9. The molecule has 1 aliphatic heterocycles. The second-order valence-corrected chi connectivity index (χ2v) is 9.54. The fourth-order valence-electron chi connectivity index (χ4n) is 3.74. The number of nitrogens with zero attached hydrogens (tertiary/aromatic N) is 2. The molecule has 0 aromatic heterocycles. The van der Waals surface area contributed by atoms with Gasteiger partial charge in [0.05, 0.1) is 18.2 Å². The summed E-state index contributed by atoms with van der Waals surface area (Å²) >= 11 is 5.81. The van der Waals surface area contributed by atoms with Crippen molar-refractivity contribution in [3.05, 3.63) is 29.3 Å². The molecule has 1 aromatic carbocycles. The van der Waals surface area contributed by atoms with E-state index < -0.39 is 10.0 Å². The highest BCUT2D eigenvalue weighted by atomic mass is 35.5. The normalized spacial score (nSPS) is 27.5. The zero-order valence-electron chi connectivity index (χ0n) is 15.3. The van der Waals surface area contributed by atoms with Gasteiger partial charge in [-0.1, -0.05) is 38.3 Å². The number of hydrogen-bond acceptors (Lipinski definition) is 5. The predicted molar refractivity (Wildman–Crippen MR) is 104 cm³/mol. The van der Waals surface area contributed by atoms with Gasteiger partial charge in [0, 0.05) is 11.6 Å². The Bertz CT molecular complexity index is 751. The number of nitrogens with one attached hydrogen (secondary N) is 2. The number of halogens is 1. The first-order valence-corrected chi connectivity index (χ1v) is 11.0. The van der Waals surface area contributed by atoms with Gasteiger partial charge < -0.3 is 5.32 Å². The van der Waals surface area contributed by atoms with Gasteiger partial charge in [0.25, 0.3) is 10.0 Å². The average molecular weight is 399 g/mol. The summed E-state index contributed by atoms with van der Waals surface area (Å²) in [4.78, 5) is 6.76. The zero-order chi connectivity index (χ0) is 18.7. The number of rotatable bonds is 4. The van der Waals surface area contributed by atoms with Gasteiger partial charge in [-0.3, -0.25) is 4.90 Å². The molecule has 0 saturated heterocycles. The highest BCUT2D eigenvalue weighted by Gasteiger charge is 2.29. The molecule has 1 heterocycles. The lowest BCUT2D eigenvalue weighted by Gasteiger charge is -2.38. The molecule has 1 saturated carbocycles. The summed E-state index contributed by atoms with van der Waals surface area (Å²) in [6, 6.07) is 6.07. The molecule has 2 N–H and O–H groups in total. The average Bonchev–Trinajstić information content (AvgIpc) is 2.61. The number of benzene rings is 1.